The molecule has 2 atom stereocenters. The van der Waals surface area contributed by atoms with Crippen LogP contribution in [0.25, 0.3) is 0 Å². The molecule has 1 amide bonds. The Hall–Kier alpha value is -3.27. The Labute approximate surface area is 190 Å². The number of thiazole rings is 1. The van der Waals surface area contributed by atoms with E-state index in [1.165, 1.54) is 6.07 Å². The number of nitrogens with one attached hydrogen (secondary N) is 1. The van der Waals surface area contributed by atoms with Crippen LogP contribution in [-0.4, -0.2) is 40.2 Å². The molecule has 3 aromatic rings. The lowest BCUT2D eigenvalue weighted by atomic mass is 9.96. The summed E-state index contributed by atoms with van der Waals surface area (Å²) in [4.78, 5) is 27.6. The molecule has 0 saturated heterocycles. The largest absolute Gasteiger partial charge is 0.494 e. The van der Waals surface area contributed by atoms with Gasteiger partial charge < -0.3 is 14.7 Å². The van der Waals surface area contributed by atoms with Gasteiger partial charge in [0.1, 0.15) is 18.4 Å². The average Bonchev–Trinajstić information content (AvgIpc) is 3.32. The molecule has 2 N–H and O–H groups in total. The number of halogens is 3. The summed E-state index contributed by atoms with van der Waals surface area (Å²) in [5.74, 6) is -0.392. The Morgan fingerprint density at radius 2 is 1.94 bits per heavy atom. The average molecular weight is 476 g/mol. The molecule has 2 heterocycles. The lowest BCUT2D eigenvalue weighted by Gasteiger charge is -2.34. The zero-order chi connectivity index (χ0) is 23.3. The normalized spacial score (nSPS) is 20.0. The van der Waals surface area contributed by atoms with Crippen molar-refractivity contribution < 1.29 is 27.8 Å². The molecular weight excluding hydrogens is 457 g/mol. The highest BCUT2D eigenvalue weighted by Gasteiger charge is 2.39. The van der Waals surface area contributed by atoms with Gasteiger partial charge >= 0.3 is 11.0 Å². The maximum Gasteiger partial charge on any atom is 0.406 e. The number of amides is 1. The molecule has 2 unspecified atom stereocenters. The molecule has 33 heavy (non-hydrogen) atoms. The van der Waals surface area contributed by atoms with Gasteiger partial charge in [0.25, 0.3) is 5.91 Å². The van der Waals surface area contributed by atoms with Crippen molar-refractivity contribution in [1.82, 2.24) is 9.88 Å². The van der Waals surface area contributed by atoms with E-state index in [9.17, 15) is 27.9 Å². The maximum atomic E-state index is 13.0. The number of H-pyrrole nitrogens is 1. The van der Waals surface area contributed by atoms with E-state index >= 15 is 0 Å². The highest BCUT2D eigenvalue weighted by atomic mass is 32.1. The van der Waals surface area contributed by atoms with Crippen molar-refractivity contribution in [2.75, 3.05) is 13.1 Å². The highest BCUT2D eigenvalue weighted by molar-refractivity contribution is 7.09. The van der Waals surface area contributed by atoms with E-state index in [4.69, 9.17) is 4.74 Å². The number of aromatic nitrogens is 1. The van der Waals surface area contributed by atoms with Crippen molar-refractivity contribution in [3.63, 3.8) is 0 Å². The predicted octanol–water partition coefficient (Wildman–Crippen LogP) is 4.36. The third-order valence-corrected chi connectivity index (χ3v) is 7.01. The molecule has 0 spiro atoms. The second-order valence-electron chi connectivity index (χ2n) is 8.17. The van der Waals surface area contributed by atoms with Gasteiger partial charge in [-0.15, -0.1) is 0 Å². The van der Waals surface area contributed by atoms with Gasteiger partial charge in [0, 0.05) is 17.0 Å². The fraction of sp³-hybridized carbons (Fsp3) is 0.304. The monoisotopic (exact) mass is 476 g/mol. The number of benzene rings is 2. The molecule has 0 bridgehead atoms. The van der Waals surface area contributed by atoms with E-state index in [1.807, 2.05) is 12.1 Å². The summed E-state index contributed by atoms with van der Waals surface area (Å²) in [7, 11) is 0. The molecule has 1 aliphatic carbocycles. The summed E-state index contributed by atoms with van der Waals surface area (Å²) in [6.07, 6.45) is -3.82. The molecule has 10 heteroatoms. The van der Waals surface area contributed by atoms with Crippen LogP contribution in [0.15, 0.2) is 47.3 Å². The van der Waals surface area contributed by atoms with Gasteiger partial charge in [-0.05, 0) is 42.2 Å². The van der Waals surface area contributed by atoms with Crippen LogP contribution in [0, 0.1) is 0 Å². The minimum Gasteiger partial charge on any atom is -0.494 e. The fourth-order valence-electron chi connectivity index (χ4n) is 4.65. The van der Waals surface area contributed by atoms with E-state index in [0.29, 0.717) is 22.6 Å². The summed E-state index contributed by atoms with van der Waals surface area (Å²) < 4.78 is 45.2. The van der Waals surface area contributed by atoms with Crippen LogP contribution in [-0.2, 0) is 6.42 Å². The Bertz CT molecular complexity index is 1280. The number of aromatic amines is 1. The number of carbonyl (C=O) groups excluding carboxylic acids is 1. The molecule has 2 aliphatic rings. The summed E-state index contributed by atoms with van der Waals surface area (Å²) in [5.41, 5.74) is 2.73. The van der Waals surface area contributed by atoms with E-state index in [0.717, 1.165) is 33.8 Å². The first-order valence-electron chi connectivity index (χ1n) is 10.4. The van der Waals surface area contributed by atoms with Crippen LogP contribution in [0.1, 0.15) is 50.4 Å². The number of carbonyl (C=O) groups is 1. The third-order valence-electron chi connectivity index (χ3n) is 6.03. The number of hydrogen-bond donors (Lipinski definition) is 2. The molecule has 1 aromatic heterocycles. The second kappa shape index (κ2) is 7.95. The Balaban J connectivity index is 1.42. The number of fused-ring (bicyclic) bond motifs is 2. The summed E-state index contributed by atoms with van der Waals surface area (Å²) in [6, 6.07) is 12.0. The van der Waals surface area contributed by atoms with Gasteiger partial charge in [0.2, 0.25) is 5.88 Å². The smallest absolute Gasteiger partial charge is 0.406 e. The van der Waals surface area contributed by atoms with Crippen molar-refractivity contribution in [1.29, 1.82) is 0 Å². The number of nitrogens with zero attached hydrogens (tertiary/aromatic N) is 1. The molecule has 0 radical (unpaired) electrons. The van der Waals surface area contributed by atoms with Gasteiger partial charge in [-0.1, -0.05) is 35.6 Å². The van der Waals surface area contributed by atoms with Crippen LogP contribution in [0.4, 0.5) is 13.2 Å². The Morgan fingerprint density at radius 3 is 2.67 bits per heavy atom. The van der Waals surface area contributed by atoms with E-state index < -0.39 is 24.7 Å². The van der Waals surface area contributed by atoms with E-state index in [2.05, 4.69) is 4.98 Å². The van der Waals surface area contributed by atoms with Crippen LogP contribution >= 0.6 is 11.3 Å². The summed E-state index contributed by atoms with van der Waals surface area (Å²) >= 11 is 0.983. The summed E-state index contributed by atoms with van der Waals surface area (Å²) in [6.45, 7) is -1.55. The van der Waals surface area contributed by atoms with Gasteiger partial charge in [0.05, 0.1) is 11.4 Å². The van der Waals surface area contributed by atoms with Gasteiger partial charge in [-0.3, -0.25) is 14.6 Å². The number of aromatic hydroxyl groups is 1. The van der Waals surface area contributed by atoms with Crippen LogP contribution in [0.3, 0.4) is 0 Å². The minimum atomic E-state index is -4.51. The van der Waals surface area contributed by atoms with Gasteiger partial charge in [-0.25, -0.2) is 0 Å². The predicted molar refractivity (Wildman–Crippen MR) is 115 cm³/mol. The topological polar surface area (TPSA) is 82.6 Å². The molecule has 0 fully saturated rings. The number of hydrogen-bond acceptors (Lipinski definition) is 5. The van der Waals surface area contributed by atoms with Crippen LogP contribution in [0.5, 0.6) is 11.6 Å². The molecule has 5 rings (SSSR count). The van der Waals surface area contributed by atoms with Crippen LogP contribution in [0.2, 0.25) is 0 Å². The zero-order valence-electron chi connectivity index (χ0n) is 17.2. The number of alkyl halides is 3. The van der Waals surface area contributed by atoms with E-state index in [-0.39, 0.29) is 28.8 Å². The lowest BCUT2D eigenvalue weighted by molar-refractivity contribution is -0.143. The van der Waals surface area contributed by atoms with Crippen LogP contribution < -0.4 is 9.61 Å². The minimum absolute atomic E-state index is 0.103. The molecule has 1 aliphatic heterocycles. The SMILES string of the molecule is O=C1c2ccccc2C(Oc2ccc3c(c2)CCC3c2sc(=O)[nH]c2O)CN1CC(F)(F)F. The number of ether oxygens (including phenoxy) is 1. The first-order chi connectivity index (χ1) is 15.7. The van der Waals surface area contributed by atoms with Crippen molar-refractivity contribution in [3.8, 4) is 11.6 Å². The molecule has 172 valence electrons. The highest BCUT2D eigenvalue weighted by Crippen LogP contribution is 2.43. The molecule has 6 nitrogen and oxygen atoms in total. The third kappa shape index (κ3) is 4.10. The summed E-state index contributed by atoms with van der Waals surface area (Å²) in [5, 5.41) is 10.0. The van der Waals surface area contributed by atoms with Gasteiger partial charge in [0.15, 0.2) is 0 Å². The second-order valence-corrected chi connectivity index (χ2v) is 9.19. The standard InChI is InChI=1S/C23H19F3N2O4S/c24-23(25,26)11-28-10-18(15-3-1-2-4-17(15)21(28)30)32-13-6-8-14-12(9-13)5-7-16(14)19-20(29)27-22(31)33-19/h1-4,6,8-9,16,18,29H,5,7,10-11H2,(H,27,31). The van der Waals surface area contributed by atoms with Crippen molar-refractivity contribution >= 4 is 17.2 Å². The first kappa shape index (κ1) is 21.6. The lowest BCUT2D eigenvalue weighted by Crippen LogP contribution is -2.46. The maximum absolute atomic E-state index is 13.0. The van der Waals surface area contributed by atoms with Crippen molar-refractivity contribution in [2.24, 2.45) is 0 Å². The Kier molecular flexibility index (Phi) is 5.19. The molecular formula is C23H19F3N2O4S. The quantitative estimate of drug-likeness (QED) is 0.586. The van der Waals surface area contributed by atoms with Gasteiger partial charge in [-0.2, -0.15) is 13.2 Å². The first-order valence-corrected chi connectivity index (χ1v) is 11.2. The Morgan fingerprint density at radius 1 is 1.15 bits per heavy atom. The zero-order valence-corrected chi connectivity index (χ0v) is 18.0. The number of aryl methyl sites for hydroxylation is 1. The van der Waals surface area contributed by atoms with E-state index in [1.54, 1.807) is 24.3 Å². The van der Waals surface area contributed by atoms with Crippen molar-refractivity contribution in [3.05, 3.63) is 79.3 Å². The molecule has 2 aromatic carbocycles. The molecule has 0 saturated carbocycles. The van der Waals surface area contributed by atoms with Crippen molar-refractivity contribution in [2.45, 2.75) is 31.0 Å². The number of rotatable bonds is 4. The fourth-order valence-corrected chi connectivity index (χ4v) is 5.53.